The molecule has 0 spiro atoms. The van der Waals surface area contributed by atoms with Gasteiger partial charge in [0, 0.05) is 19.4 Å². The average molecular weight is 220 g/mol. The quantitative estimate of drug-likeness (QED) is 0.829. The standard InChI is InChI=1S/C14H20O2/c1-10-4-5-11(2)13(8-10)9-14(15)6-7-16-12(14)3/h4-5,8,12,15H,6-7,9H2,1-3H3. The lowest BCUT2D eigenvalue weighted by atomic mass is 9.87. The molecule has 0 amide bonds. The van der Waals surface area contributed by atoms with Crippen molar-refractivity contribution in [3.63, 3.8) is 0 Å². The highest BCUT2D eigenvalue weighted by Crippen LogP contribution is 2.30. The van der Waals surface area contributed by atoms with E-state index in [1.807, 2.05) is 6.92 Å². The van der Waals surface area contributed by atoms with Crippen LogP contribution in [0, 0.1) is 13.8 Å². The highest BCUT2D eigenvalue weighted by Gasteiger charge is 2.39. The van der Waals surface area contributed by atoms with Gasteiger partial charge in [-0.15, -0.1) is 0 Å². The van der Waals surface area contributed by atoms with E-state index in [2.05, 4.69) is 32.0 Å². The minimum absolute atomic E-state index is 0.0626. The second-order valence-electron chi connectivity index (χ2n) is 4.97. The lowest BCUT2D eigenvalue weighted by Crippen LogP contribution is -2.38. The van der Waals surface area contributed by atoms with Gasteiger partial charge in [0.2, 0.25) is 0 Å². The minimum atomic E-state index is -0.682. The van der Waals surface area contributed by atoms with E-state index in [9.17, 15) is 5.11 Å². The zero-order valence-electron chi connectivity index (χ0n) is 10.3. The molecule has 1 aromatic rings. The molecule has 0 bridgehead atoms. The van der Waals surface area contributed by atoms with Crippen LogP contribution in [0.15, 0.2) is 18.2 Å². The summed E-state index contributed by atoms with van der Waals surface area (Å²) >= 11 is 0. The Balaban J connectivity index is 2.23. The van der Waals surface area contributed by atoms with Crippen molar-refractivity contribution >= 4 is 0 Å². The maximum absolute atomic E-state index is 10.5. The lowest BCUT2D eigenvalue weighted by molar-refractivity contribution is -0.0269. The van der Waals surface area contributed by atoms with Gasteiger partial charge in [0.15, 0.2) is 0 Å². The monoisotopic (exact) mass is 220 g/mol. The molecule has 1 heterocycles. The molecule has 2 heteroatoms. The van der Waals surface area contributed by atoms with Crippen LogP contribution < -0.4 is 0 Å². The molecule has 1 aromatic carbocycles. The molecule has 1 aliphatic rings. The molecule has 2 unspecified atom stereocenters. The predicted octanol–water partition coefficient (Wildman–Crippen LogP) is 2.39. The van der Waals surface area contributed by atoms with Gasteiger partial charge in [0.25, 0.3) is 0 Å². The van der Waals surface area contributed by atoms with Gasteiger partial charge in [-0.2, -0.15) is 0 Å². The number of ether oxygens (including phenoxy) is 1. The minimum Gasteiger partial charge on any atom is -0.387 e. The lowest BCUT2D eigenvalue weighted by Gasteiger charge is -2.27. The zero-order valence-corrected chi connectivity index (χ0v) is 10.3. The molecular formula is C14H20O2. The fourth-order valence-corrected chi connectivity index (χ4v) is 2.32. The Morgan fingerprint density at radius 1 is 1.44 bits per heavy atom. The first-order chi connectivity index (χ1) is 7.51. The highest BCUT2D eigenvalue weighted by atomic mass is 16.5. The van der Waals surface area contributed by atoms with Gasteiger partial charge in [0.1, 0.15) is 0 Å². The third-order valence-electron chi connectivity index (χ3n) is 3.66. The fourth-order valence-electron chi connectivity index (χ4n) is 2.32. The molecule has 2 nitrogen and oxygen atoms in total. The molecule has 1 N–H and O–H groups in total. The molecular weight excluding hydrogens is 200 g/mol. The molecule has 0 aliphatic carbocycles. The van der Waals surface area contributed by atoms with E-state index in [1.54, 1.807) is 0 Å². The van der Waals surface area contributed by atoms with Crippen LogP contribution in [0.4, 0.5) is 0 Å². The molecule has 1 fully saturated rings. The summed E-state index contributed by atoms with van der Waals surface area (Å²) in [5.74, 6) is 0. The van der Waals surface area contributed by atoms with Crippen LogP contribution in [-0.4, -0.2) is 23.4 Å². The number of benzene rings is 1. The summed E-state index contributed by atoms with van der Waals surface area (Å²) in [7, 11) is 0. The van der Waals surface area contributed by atoms with Gasteiger partial charge < -0.3 is 9.84 Å². The number of aliphatic hydroxyl groups is 1. The van der Waals surface area contributed by atoms with E-state index < -0.39 is 5.60 Å². The number of aryl methyl sites for hydroxylation is 2. The highest BCUT2D eigenvalue weighted by molar-refractivity contribution is 5.32. The van der Waals surface area contributed by atoms with Crippen LogP contribution in [0.3, 0.4) is 0 Å². The summed E-state index contributed by atoms with van der Waals surface area (Å²) < 4.78 is 5.46. The van der Waals surface area contributed by atoms with Gasteiger partial charge >= 0.3 is 0 Å². The molecule has 0 radical (unpaired) electrons. The molecule has 1 aliphatic heterocycles. The van der Waals surface area contributed by atoms with Gasteiger partial charge in [-0.05, 0) is 31.9 Å². The molecule has 0 aromatic heterocycles. The maximum atomic E-state index is 10.5. The molecule has 16 heavy (non-hydrogen) atoms. The molecule has 88 valence electrons. The largest absolute Gasteiger partial charge is 0.387 e. The van der Waals surface area contributed by atoms with Crippen LogP contribution in [-0.2, 0) is 11.2 Å². The van der Waals surface area contributed by atoms with Crippen LogP contribution in [0.5, 0.6) is 0 Å². The van der Waals surface area contributed by atoms with Crippen LogP contribution in [0.25, 0.3) is 0 Å². The molecule has 0 saturated carbocycles. The van der Waals surface area contributed by atoms with Crippen molar-refractivity contribution in [2.75, 3.05) is 6.61 Å². The first-order valence-corrected chi connectivity index (χ1v) is 5.91. The topological polar surface area (TPSA) is 29.5 Å². The second-order valence-corrected chi connectivity index (χ2v) is 4.97. The Hall–Kier alpha value is -0.860. The average Bonchev–Trinajstić information content (AvgIpc) is 2.53. The molecule has 2 rings (SSSR count). The summed E-state index contributed by atoms with van der Waals surface area (Å²) in [6.07, 6.45) is 1.37. The van der Waals surface area contributed by atoms with Crippen molar-refractivity contribution in [3.05, 3.63) is 34.9 Å². The summed E-state index contributed by atoms with van der Waals surface area (Å²) in [6.45, 7) is 6.81. The van der Waals surface area contributed by atoms with E-state index in [0.29, 0.717) is 13.0 Å². The van der Waals surface area contributed by atoms with Gasteiger partial charge in [-0.25, -0.2) is 0 Å². The third kappa shape index (κ3) is 2.13. The zero-order chi connectivity index (χ0) is 11.8. The molecule has 2 atom stereocenters. The molecule has 1 saturated heterocycles. The summed E-state index contributed by atoms with van der Waals surface area (Å²) in [5.41, 5.74) is 3.05. The van der Waals surface area contributed by atoms with E-state index in [4.69, 9.17) is 4.74 Å². The second kappa shape index (κ2) is 4.19. The number of hydrogen-bond donors (Lipinski definition) is 1. The third-order valence-corrected chi connectivity index (χ3v) is 3.66. The van der Waals surface area contributed by atoms with E-state index in [1.165, 1.54) is 16.7 Å². The Labute approximate surface area is 97.3 Å². The van der Waals surface area contributed by atoms with Gasteiger partial charge in [-0.1, -0.05) is 23.8 Å². The van der Waals surface area contributed by atoms with Gasteiger partial charge in [0.05, 0.1) is 11.7 Å². The summed E-state index contributed by atoms with van der Waals surface area (Å²) in [4.78, 5) is 0. The van der Waals surface area contributed by atoms with Crippen molar-refractivity contribution in [1.82, 2.24) is 0 Å². The first kappa shape index (κ1) is 11.6. The Kier molecular flexibility index (Phi) is 3.04. The Morgan fingerprint density at radius 3 is 2.81 bits per heavy atom. The van der Waals surface area contributed by atoms with Crippen LogP contribution in [0.1, 0.15) is 30.0 Å². The predicted molar refractivity (Wildman–Crippen MR) is 64.6 cm³/mol. The smallest absolute Gasteiger partial charge is 0.0967 e. The Morgan fingerprint density at radius 2 is 2.19 bits per heavy atom. The normalized spacial score (nSPS) is 29.6. The van der Waals surface area contributed by atoms with Crippen molar-refractivity contribution in [3.8, 4) is 0 Å². The van der Waals surface area contributed by atoms with Crippen LogP contribution >= 0.6 is 0 Å². The SMILES string of the molecule is Cc1ccc(C)c(CC2(O)CCOC2C)c1. The van der Waals surface area contributed by atoms with E-state index >= 15 is 0 Å². The van der Waals surface area contributed by atoms with Gasteiger partial charge in [-0.3, -0.25) is 0 Å². The first-order valence-electron chi connectivity index (χ1n) is 5.91. The van der Waals surface area contributed by atoms with Crippen LogP contribution in [0.2, 0.25) is 0 Å². The van der Waals surface area contributed by atoms with Crippen molar-refractivity contribution < 1.29 is 9.84 Å². The summed E-state index contributed by atoms with van der Waals surface area (Å²) in [5, 5.41) is 10.5. The fraction of sp³-hybridized carbons (Fsp3) is 0.571. The Bertz CT molecular complexity index is 386. The van der Waals surface area contributed by atoms with Crippen molar-refractivity contribution in [2.45, 2.75) is 45.3 Å². The maximum Gasteiger partial charge on any atom is 0.0967 e. The van der Waals surface area contributed by atoms with Crippen molar-refractivity contribution in [1.29, 1.82) is 0 Å². The summed E-state index contributed by atoms with van der Waals surface area (Å²) in [6, 6.07) is 6.39. The van der Waals surface area contributed by atoms with E-state index in [-0.39, 0.29) is 6.10 Å². The number of rotatable bonds is 2. The number of hydrogen-bond acceptors (Lipinski definition) is 2. The van der Waals surface area contributed by atoms with Crippen molar-refractivity contribution in [2.24, 2.45) is 0 Å². The van der Waals surface area contributed by atoms with E-state index in [0.717, 1.165) is 6.42 Å².